The normalized spacial score (nSPS) is 42.6. The molecule has 202 valence electrons. The number of aliphatic hydroxyl groups is 2. The molecular formula is C25H34FNaO9S. The number of hydrogen-bond acceptors (Lipinski definition) is 8. The zero-order valence-corrected chi connectivity index (χ0v) is 21.4. The molecule has 0 aromatic carbocycles. The first kappa shape index (κ1) is 30.6. The van der Waals surface area contributed by atoms with Crippen molar-refractivity contribution in [3.8, 4) is 0 Å². The molecule has 8 atom stereocenters. The maximum absolute atomic E-state index is 17.1. The van der Waals surface area contributed by atoms with Gasteiger partial charge in [0.1, 0.15) is 5.60 Å². The molecule has 0 aromatic rings. The molecule has 4 aliphatic rings. The first-order valence-corrected chi connectivity index (χ1v) is 13.8. The molecule has 0 radical (unpaired) electrons. The van der Waals surface area contributed by atoms with Crippen molar-refractivity contribution in [2.45, 2.75) is 70.2 Å². The third-order valence-corrected chi connectivity index (χ3v) is 10.3. The SMILES string of the molecule is CC1C[C@H]2[C@@H]3CCC4=CC(=O)C=C[C@]4(C)[C@@]3(F)C(O)C[C@]2(C)[C@@]1(O)C(=O)COC(=O)CCS(=O)(=O)O.[NaH]. The Hall–Kier alpha value is -0.950. The van der Waals surface area contributed by atoms with E-state index >= 15 is 4.39 Å². The van der Waals surface area contributed by atoms with Crippen LogP contribution in [-0.2, 0) is 29.2 Å². The van der Waals surface area contributed by atoms with Crippen LogP contribution in [0.2, 0.25) is 0 Å². The molecule has 3 N–H and O–H groups in total. The number of hydrogen-bond donors (Lipinski definition) is 3. The fourth-order valence-corrected chi connectivity index (χ4v) is 8.11. The molecular weight excluding hydrogens is 518 g/mol. The van der Waals surface area contributed by atoms with Crippen LogP contribution in [0.1, 0.15) is 52.9 Å². The van der Waals surface area contributed by atoms with Crippen molar-refractivity contribution in [1.82, 2.24) is 0 Å². The van der Waals surface area contributed by atoms with Gasteiger partial charge in [-0.1, -0.05) is 25.5 Å². The molecule has 3 fully saturated rings. The topological polar surface area (TPSA) is 155 Å². The third kappa shape index (κ3) is 4.52. The summed E-state index contributed by atoms with van der Waals surface area (Å²) in [6, 6.07) is 0. The number of carbonyl (C=O) groups excluding carboxylic acids is 3. The van der Waals surface area contributed by atoms with Gasteiger partial charge < -0.3 is 14.9 Å². The summed E-state index contributed by atoms with van der Waals surface area (Å²) in [5.74, 6) is -4.68. The number of aliphatic hydroxyl groups excluding tert-OH is 1. The average molecular weight is 553 g/mol. The molecule has 12 heteroatoms. The minimum atomic E-state index is -4.39. The summed E-state index contributed by atoms with van der Waals surface area (Å²) in [6.07, 6.45) is 3.01. The Balaban J connectivity index is 0.00000380. The summed E-state index contributed by atoms with van der Waals surface area (Å²) in [7, 11) is -4.39. The number of ether oxygens (including phenoxy) is 1. The van der Waals surface area contributed by atoms with Crippen molar-refractivity contribution in [3.05, 3.63) is 23.8 Å². The predicted octanol–water partition coefficient (Wildman–Crippen LogP) is 1.08. The Labute approximate surface area is 237 Å². The number of alkyl halides is 1. The van der Waals surface area contributed by atoms with Crippen LogP contribution in [0.3, 0.4) is 0 Å². The Bertz CT molecular complexity index is 1170. The number of carbonyl (C=O) groups is 3. The summed E-state index contributed by atoms with van der Waals surface area (Å²) in [5, 5.41) is 23.1. The molecule has 0 aromatic heterocycles. The number of halogens is 1. The predicted molar refractivity (Wildman–Crippen MR) is 132 cm³/mol. The maximum atomic E-state index is 17.1. The summed E-state index contributed by atoms with van der Waals surface area (Å²) in [6.45, 7) is 4.20. The monoisotopic (exact) mass is 552 g/mol. The summed E-state index contributed by atoms with van der Waals surface area (Å²) in [5.41, 5.74) is -5.89. The van der Waals surface area contributed by atoms with Gasteiger partial charge in [0, 0.05) is 16.7 Å². The molecule has 2 unspecified atom stereocenters. The van der Waals surface area contributed by atoms with Crippen molar-refractivity contribution < 1.29 is 46.7 Å². The second-order valence-corrected chi connectivity index (χ2v) is 12.9. The van der Waals surface area contributed by atoms with E-state index in [9.17, 15) is 33.0 Å². The van der Waals surface area contributed by atoms with Crippen LogP contribution < -0.4 is 0 Å². The van der Waals surface area contributed by atoms with E-state index < -0.39 is 86.6 Å². The van der Waals surface area contributed by atoms with E-state index in [-0.39, 0.29) is 41.8 Å². The Morgan fingerprint density at radius 1 is 1.24 bits per heavy atom. The zero-order chi connectivity index (χ0) is 26.9. The van der Waals surface area contributed by atoms with Crippen molar-refractivity contribution in [1.29, 1.82) is 0 Å². The van der Waals surface area contributed by atoms with Crippen LogP contribution in [0.15, 0.2) is 23.8 Å². The first-order valence-electron chi connectivity index (χ1n) is 12.2. The van der Waals surface area contributed by atoms with Gasteiger partial charge in [0.2, 0.25) is 5.78 Å². The van der Waals surface area contributed by atoms with E-state index in [0.717, 1.165) is 0 Å². The molecule has 0 spiro atoms. The van der Waals surface area contributed by atoms with Crippen molar-refractivity contribution >= 4 is 57.2 Å². The van der Waals surface area contributed by atoms with Gasteiger partial charge in [-0.05, 0) is 56.6 Å². The molecule has 4 rings (SSSR count). The Morgan fingerprint density at radius 3 is 2.51 bits per heavy atom. The number of ketones is 2. The van der Waals surface area contributed by atoms with Gasteiger partial charge in [0.15, 0.2) is 18.1 Å². The van der Waals surface area contributed by atoms with Crippen LogP contribution >= 0.6 is 0 Å². The summed E-state index contributed by atoms with van der Waals surface area (Å²) < 4.78 is 52.5. The average Bonchev–Trinajstić information content (AvgIpc) is 2.98. The molecule has 0 heterocycles. The van der Waals surface area contributed by atoms with Gasteiger partial charge in [-0.2, -0.15) is 8.42 Å². The molecule has 0 aliphatic heterocycles. The molecule has 4 aliphatic carbocycles. The first-order chi connectivity index (χ1) is 16.5. The van der Waals surface area contributed by atoms with E-state index in [1.807, 2.05) is 0 Å². The van der Waals surface area contributed by atoms with Crippen molar-refractivity contribution in [2.24, 2.45) is 28.6 Å². The fraction of sp³-hybridized carbons (Fsp3) is 0.720. The molecule has 0 amide bonds. The Morgan fingerprint density at radius 2 is 1.89 bits per heavy atom. The molecule has 9 nitrogen and oxygen atoms in total. The molecule has 0 bridgehead atoms. The fourth-order valence-electron chi connectivity index (χ4n) is 7.68. The Kier molecular flexibility index (Phi) is 8.19. The van der Waals surface area contributed by atoms with Crippen LogP contribution in [0.25, 0.3) is 0 Å². The van der Waals surface area contributed by atoms with Gasteiger partial charge in [-0.25, -0.2) is 4.39 Å². The molecule has 0 saturated heterocycles. The summed E-state index contributed by atoms with van der Waals surface area (Å²) >= 11 is 0. The van der Waals surface area contributed by atoms with E-state index in [0.29, 0.717) is 24.8 Å². The van der Waals surface area contributed by atoms with Gasteiger partial charge in [-0.3, -0.25) is 18.9 Å². The minimum absolute atomic E-state index is 0. The van der Waals surface area contributed by atoms with Gasteiger partial charge in [0.05, 0.1) is 18.3 Å². The number of fused-ring (bicyclic) bond motifs is 5. The van der Waals surface area contributed by atoms with E-state index in [4.69, 9.17) is 9.29 Å². The van der Waals surface area contributed by atoms with E-state index in [1.165, 1.54) is 18.2 Å². The molecule has 37 heavy (non-hydrogen) atoms. The van der Waals surface area contributed by atoms with Crippen LogP contribution in [0, 0.1) is 28.6 Å². The standard InChI is InChI=1S/C25H33FO9S.Na.H/c1-14-10-18-17-5-4-15-11-16(27)6-8-22(15,2)24(17,26)19(28)12-23(18,3)25(14,31)20(29)13-35-21(30)7-9-36(32,33)34;;/h6,8,11,14,17-19,28,31H,4-5,7,9-10,12-13H2,1-3H3,(H,32,33,34);;/t14?,17-,18-,19?,22-,23-,24-,25-;;/m0../s1. The van der Waals surface area contributed by atoms with E-state index in [2.05, 4.69) is 0 Å². The second-order valence-electron chi connectivity index (χ2n) is 11.3. The van der Waals surface area contributed by atoms with Crippen LogP contribution in [-0.4, -0.2) is 100 Å². The number of esters is 1. The number of Topliss-reactive ketones (excluding diaryl/α,β-unsaturated/α-hetero) is 1. The van der Waals surface area contributed by atoms with Crippen molar-refractivity contribution in [3.63, 3.8) is 0 Å². The number of allylic oxidation sites excluding steroid dienone is 4. The zero-order valence-electron chi connectivity index (χ0n) is 20.6. The van der Waals surface area contributed by atoms with Crippen LogP contribution in [0.5, 0.6) is 0 Å². The quantitative estimate of drug-likeness (QED) is 0.249. The second kappa shape index (κ2) is 9.91. The summed E-state index contributed by atoms with van der Waals surface area (Å²) in [4.78, 5) is 37.1. The number of rotatable bonds is 6. The van der Waals surface area contributed by atoms with Gasteiger partial charge in [-0.15, -0.1) is 0 Å². The van der Waals surface area contributed by atoms with E-state index in [1.54, 1.807) is 20.8 Å². The third-order valence-electron chi connectivity index (χ3n) is 9.58. The molecule has 3 saturated carbocycles. The van der Waals surface area contributed by atoms with Crippen molar-refractivity contribution in [2.75, 3.05) is 12.4 Å². The van der Waals surface area contributed by atoms with Gasteiger partial charge in [0.25, 0.3) is 10.1 Å². The van der Waals surface area contributed by atoms with Crippen LogP contribution in [0.4, 0.5) is 4.39 Å². The van der Waals surface area contributed by atoms with Gasteiger partial charge >= 0.3 is 35.5 Å².